The molecule has 1 aromatic rings. The molecule has 19 heavy (non-hydrogen) atoms. The summed E-state index contributed by atoms with van der Waals surface area (Å²) in [4.78, 5) is 21.7. The van der Waals surface area contributed by atoms with Crippen LogP contribution in [0, 0.1) is 0 Å². The third-order valence-corrected chi connectivity index (χ3v) is 2.60. The molecular formula is C12H16ClN3O3. The fourth-order valence-corrected chi connectivity index (χ4v) is 1.65. The second-order valence-electron chi connectivity index (χ2n) is 3.70. The van der Waals surface area contributed by atoms with Crippen molar-refractivity contribution in [1.29, 1.82) is 0 Å². The van der Waals surface area contributed by atoms with Crippen molar-refractivity contribution in [1.82, 2.24) is 10.6 Å². The largest absolute Gasteiger partial charge is 0.483 e. The number of primary amides is 1. The molecule has 0 spiro atoms. The molecule has 0 saturated carbocycles. The van der Waals surface area contributed by atoms with E-state index < -0.39 is 11.9 Å². The van der Waals surface area contributed by atoms with Crippen molar-refractivity contribution in [3.8, 4) is 5.75 Å². The summed E-state index contributed by atoms with van der Waals surface area (Å²) in [6.45, 7) is 2.98. The highest BCUT2D eigenvalue weighted by molar-refractivity contribution is 6.31. The Balaban J connectivity index is 2.69. The highest BCUT2D eigenvalue weighted by atomic mass is 35.5. The lowest BCUT2D eigenvalue weighted by Gasteiger charge is -2.12. The van der Waals surface area contributed by atoms with E-state index in [1.807, 2.05) is 12.2 Å². The monoisotopic (exact) mass is 285 g/mol. The molecule has 0 bridgehead atoms. The van der Waals surface area contributed by atoms with Crippen LogP contribution in [0.2, 0.25) is 5.02 Å². The summed E-state index contributed by atoms with van der Waals surface area (Å²) in [5.41, 5.74) is 5.59. The van der Waals surface area contributed by atoms with E-state index in [1.165, 1.54) is 0 Å². The molecule has 1 aromatic carbocycles. The third kappa shape index (κ3) is 5.15. The molecule has 0 heterocycles. The summed E-state index contributed by atoms with van der Waals surface area (Å²) < 4.78 is 5.33. The number of benzene rings is 1. The zero-order valence-electron chi connectivity index (χ0n) is 10.5. The standard InChI is InChI=1S/C12H16ClN3O3/c1-2-15-6-8-9(13)4-3-5-10(8)19-7-11(17)16-12(14)18/h3-5,15H,2,6-7H2,1H3,(H3,14,16,17,18). The molecule has 0 unspecified atom stereocenters. The molecule has 3 amide bonds. The molecule has 0 aliphatic rings. The van der Waals surface area contributed by atoms with Gasteiger partial charge in [0.05, 0.1) is 0 Å². The van der Waals surface area contributed by atoms with Gasteiger partial charge in [-0.15, -0.1) is 0 Å². The molecular weight excluding hydrogens is 270 g/mol. The van der Waals surface area contributed by atoms with E-state index >= 15 is 0 Å². The molecule has 0 fully saturated rings. The third-order valence-electron chi connectivity index (χ3n) is 2.25. The van der Waals surface area contributed by atoms with Crippen LogP contribution in [0.25, 0.3) is 0 Å². The molecule has 104 valence electrons. The molecule has 4 N–H and O–H groups in total. The van der Waals surface area contributed by atoms with E-state index in [1.54, 1.807) is 18.2 Å². The molecule has 0 aliphatic heterocycles. The quantitative estimate of drug-likeness (QED) is 0.727. The van der Waals surface area contributed by atoms with Crippen molar-refractivity contribution in [2.45, 2.75) is 13.5 Å². The number of amides is 3. The first-order chi connectivity index (χ1) is 9.04. The van der Waals surface area contributed by atoms with E-state index in [9.17, 15) is 9.59 Å². The SMILES string of the molecule is CCNCc1c(Cl)cccc1OCC(=O)NC(N)=O. The van der Waals surface area contributed by atoms with Crippen LogP contribution in [0.4, 0.5) is 4.79 Å². The topological polar surface area (TPSA) is 93.4 Å². The first-order valence-corrected chi connectivity index (χ1v) is 6.12. The lowest BCUT2D eigenvalue weighted by atomic mass is 10.2. The molecule has 0 aliphatic carbocycles. The van der Waals surface area contributed by atoms with Crippen LogP contribution >= 0.6 is 11.6 Å². The molecule has 0 radical (unpaired) electrons. The summed E-state index contributed by atoms with van der Waals surface area (Å²) >= 11 is 6.07. The predicted molar refractivity (Wildman–Crippen MR) is 72.1 cm³/mol. The van der Waals surface area contributed by atoms with Crippen molar-refractivity contribution < 1.29 is 14.3 Å². The number of hydrogen-bond acceptors (Lipinski definition) is 4. The highest BCUT2D eigenvalue weighted by Crippen LogP contribution is 2.26. The van der Waals surface area contributed by atoms with Gasteiger partial charge in [-0.05, 0) is 18.7 Å². The summed E-state index contributed by atoms with van der Waals surface area (Å²) in [6.07, 6.45) is 0. The Labute approximate surface area is 116 Å². The molecule has 0 atom stereocenters. The minimum Gasteiger partial charge on any atom is -0.483 e. The minimum atomic E-state index is -0.910. The maximum absolute atomic E-state index is 11.3. The van der Waals surface area contributed by atoms with Gasteiger partial charge in [-0.2, -0.15) is 0 Å². The first kappa shape index (κ1) is 15.3. The lowest BCUT2D eigenvalue weighted by molar-refractivity contribution is -0.121. The average molecular weight is 286 g/mol. The predicted octanol–water partition coefficient (Wildman–Crippen LogP) is 1.02. The molecule has 6 nitrogen and oxygen atoms in total. The Morgan fingerprint density at radius 3 is 2.79 bits per heavy atom. The van der Waals surface area contributed by atoms with Crippen molar-refractivity contribution in [3.05, 3.63) is 28.8 Å². The maximum atomic E-state index is 11.3. The number of carbonyl (C=O) groups excluding carboxylic acids is 2. The molecule has 0 aromatic heterocycles. The number of hydrogen-bond donors (Lipinski definition) is 3. The van der Waals surface area contributed by atoms with Gasteiger partial charge in [0, 0.05) is 17.1 Å². The van der Waals surface area contributed by atoms with Crippen LogP contribution in [-0.2, 0) is 11.3 Å². The van der Waals surface area contributed by atoms with Gasteiger partial charge in [-0.25, -0.2) is 4.79 Å². The number of urea groups is 1. The summed E-state index contributed by atoms with van der Waals surface area (Å²) in [7, 11) is 0. The summed E-state index contributed by atoms with van der Waals surface area (Å²) in [6, 6.07) is 4.26. The van der Waals surface area contributed by atoms with Crippen molar-refractivity contribution in [2.75, 3.05) is 13.2 Å². The zero-order chi connectivity index (χ0) is 14.3. The van der Waals surface area contributed by atoms with Crippen molar-refractivity contribution in [3.63, 3.8) is 0 Å². The Morgan fingerprint density at radius 1 is 1.42 bits per heavy atom. The fraction of sp³-hybridized carbons (Fsp3) is 0.333. The van der Waals surface area contributed by atoms with Gasteiger partial charge >= 0.3 is 6.03 Å². The maximum Gasteiger partial charge on any atom is 0.318 e. The number of nitrogens with two attached hydrogens (primary N) is 1. The van der Waals surface area contributed by atoms with E-state index in [0.717, 1.165) is 12.1 Å². The first-order valence-electron chi connectivity index (χ1n) is 5.74. The van der Waals surface area contributed by atoms with Crippen molar-refractivity contribution >= 4 is 23.5 Å². The van der Waals surface area contributed by atoms with Gasteiger partial charge in [0.1, 0.15) is 5.75 Å². The Hall–Kier alpha value is -1.79. The van der Waals surface area contributed by atoms with Crippen LogP contribution in [0.3, 0.4) is 0 Å². The van der Waals surface area contributed by atoms with Gasteiger partial charge in [-0.1, -0.05) is 24.6 Å². The van der Waals surface area contributed by atoms with Crippen LogP contribution < -0.4 is 21.1 Å². The molecule has 1 rings (SSSR count). The number of imide groups is 1. The molecule has 0 saturated heterocycles. The average Bonchev–Trinajstić information content (AvgIpc) is 2.34. The van der Waals surface area contributed by atoms with Crippen molar-refractivity contribution in [2.24, 2.45) is 5.73 Å². The summed E-state index contributed by atoms with van der Waals surface area (Å²) in [5.74, 6) is -0.116. The van der Waals surface area contributed by atoms with Crippen LogP contribution in [0.1, 0.15) is 12.5 Å². The van der Waals surface area contributed by atoms with Crippen LogP contribution in [-0.4, -0.2) is 25.1 Å². The van der Waals surface area contributed by atoms with Gasteiger partial charge in [0.25, 0.3) is 5.91 Å². The highest BCUT2D eigenvalue weighted by Gasteiger charge is 2.10. The van der Waals surface area contributed by atoms with E-state index in [0.29, 0.717) is 17.3 Å². The van der Waals surface area contributed by atoms with E-state index in [-0.39, 0.29) is 6.61 Å². The van der Waals surface area contributed by atoms with Gasteiger partial charge in [-0.3, -0.25) is 10.1 Å². The smallest absolute Gasteiger partial charge is 0.318 e. The van der Waals surface area contributed by atoms with E-state index in [2.05, 4.69) is 5.32 Å². The second kappa shape index (κ2) is 7.60. The summed E-state index contributed by atoms with van der Waals surface area (Å²) in [5, 5.41) is 5.59. The fourth-order valence-electron chi connectivity index (χ4n) is 1.41. The number of rotatable bonds is 6. The Morgan fingerprint density at radius 2 is 2.16 bits per heavy atom. The van der Waals surface area contributed by atoms with E-state index in [4.69, 9.17) is 22.1 Å². The van der Waals surface area contributed by atoms with Gasteiger partial charge in [0.2, 0.25) is 0 Å². The van der Waals surface area contributed by atoms with Crippen LogP contribution in [0.15, 0.2) is 18.2 Å². The lowest BCUT2D eigenvalue weighted by Crippen LogP contribution is -2.38. The Bertz CT molecular complexity index is 466. The van der Waals surface area contributed by atoms with Gasteiger partial charge in [0.15, 0.2) is 6.61 Å². The Kier molecular flexibility index (Phi) is 6.11. The zero-order valence-corrected chi connectivity index (χ0v) is 11.3. The number of nitrogens with one attached hydrogen (secondary N) is 2. The second-order valence-corrected chi connectivity index (χ2v) is 4.11. The van der Waals surface area contributed by atoms with Crippen LogP contribution in [0.5, 0.6) is 5.75 Å². The normalized spacial score (nSPS) is 10.0. The number of ether oxygens (including phenoxy) is 1. The van der Waals surface area contributed by atoms with Gasteiger partial charge < -0.3 is 15.8 Å². The molecule has 7 heteroatoms. The number of carbonyl (C=O) groups is 2. The minimum absolute atomic E-state index is 0.303. The number of halogens is 1.